The number of hydrogen-bond donors (Lipinski definition) is 0. The molecule has 0 atom stereocenters. The van der Waals surface area contributed by atoms with Crippen LogP contribution in [0, 0.1) is 5.82 Å². The Morgan fingerprint density at radius 3 is 2.39 bits per heavy atom. The second-order valence-electron chi connectivity index (χ2n) is 7.81. The number of hydrogen-bond acceptors (Lipinski definition) is 4. The van der Waals surface area contributed by atoms with Gasteiger partial charge in [-0.25, -0.2) is 9.37 Å². The third kappa shape index (κ3) is 4.34. The van der Waals surface area contributed by atoms with E-state index in [2.05, 4.69) is 9.88 Å². The molecule has 0 N–H and O–H groups in total. The maximum Gasteiger partial charge on any atom is 0.254 e. The number of halogens is 2. The van der Waals surface area contributed by atoms with E-state index in [0.29, 0.717) is 53.7 Å². The van der Waals surface area contributed by atoms with Crippen molar-refractivity contribution in [2.45, 2.75) is 0 Å². The van der Waals surface area contributed by atoms with Gasteiger partial charge < -0.3 is 14.2 Å². The van der Waals surface area contributed by atoms with Crippen molar-refractivity contribution in [2.24, 2.45) is 0 Å². The standard InChI is InChI=1S/C26H21ClFN3O2/c27-18-6-5-7-19(16-18)30-12-14-31(15-13-30)26(32)21-9-2-1-8-20(21)25-29-17-24(33-25)22-10-3-4-11-23(22)28/h1-11,16-17H,12-15H2. The van der Waals surface area contributed by atoms with Crippen molar-refractivity contribution < 1.29 is 13.6 Å². The second kappa shape index (κ2) is 9.08. The number of piperazine rings is 1. The first-order valence-electron chi connectivity index (χ1n) is 10.7. The molecule has 2 heterocycles. The Bertz CT molecular complexity index is 1300. The van der Waals surface area contributed by atoms with Crippen LogP contribution in [0.3, 0.4) is 0 Å². The molecule has 0 radical (unpaired) electrons. The van der Waals surface area contributed by atoms with E-state index in [9.17, 15) is 9.18 Å². The monoisotopic (exact) mass is 461 g/mol. The number of benzene rings is 3. The van der Waals surface area contributed by atoms with Gasteiger partial charge in [0, 0.05) is 42.5 Å². The maximum atomic E-state index is 14.2. The predicted octanol–water partition coefficient (Wildman–Crippen LogP) is 5.76. The zero-order valence-electron chi connectivity index (χ0n) is 17.7. The highest BCUT2D eigenvalue weighted by Crippen LogP contribution is 2.30. The smallest absolute Gasteiger partial charge is 0.254 e. The van der Waals surface area contributed by atoms with Crippen LogP contribution < -0.4 is 4.90 Å². The van der Waals surface area contributed by atoms with Crippen LogP contribution in [0.25, 0.3) is 22.8 Å². The number of aromatic nitrogens is 1. The molecule has 0 spiro atoms. The summed E-state index contributed by atoms with van der Waals surface area (Å²) >= 11 is 6.12. The van der Waals surface area contributed by atoms with Crippen molar-refractivity contribution in [1.29, 1.82) is 0 Å². The molecular formula is C26H21ClFN3O2. The van der Waals surface area contributed by atoms with Crippen molar-refractivity contribution >= 4 is 23.2 Å². The van der Waals surface area contributed by atoms with Gasteiger partial charge in [0.05, 0.1) is 17.3 Å². The van der Waals surface area contributed by atoms with Crippen LogP contribution in [0.2, 0.25) is 5.02 Å². The van der Waals surface area contributed by atoms with Crippen molar-refractivity contribution in [1.82, 2.24) is 9.88 Å². The summed E-state index contributed by atoms with van der Waals surface area (Å²) in [6.45, 7) is 2.60. The topological polar surface area (TPSA) is 49.6 Å². The number of amides is 1. The summed E-state index contributed by atoms with van der Waals surface area (Å²) in [6, 6.07) is 21.3. The molecule has 1 amide bonds. The summed E-state index contributed by atoms with van der Waals surface area (Å²) in [5.74, 6) is 0.138. The fourth-order valence-electron chi connectivity index (χ4n) is 4.05. The normalized spacial score (nSPS) is 13.9. The fourth-order valence-corrected chi connectivity index (χ4v) is 4.24. The first-order valence-corrected chi connectivity index (χ1v) is 11.1. The van der Waals surface area contributed by atoms with Gasteiger partial charge in [0.25, 0.3) is 5.91 Å². The molecule has 0 bridgehead atoms. The quantitative estimate of drug-likeness (QED) is 0.387. The van der Waals surface area contributed by atoms with Crippen LogP contribution in [0.1, 0.15) is 10.4 Å². The largest absolute Gasteiger partial charge is 0.436 e. The minimum absolute atomic E-state index is 0.0815. The van der Waals surface area contributed by atoms with Crippen LogP contribution in [-0.2, 0) is 0 Å². The average Bonchev–Trinajstić information content (AvgIpc) is 3.34. The molecule has 3 aromatic carbocycles. The zero-order valence-corrected chi connectivity index (χ0v) is 18.5. The summed E-state index contributed by atoms with van der Waals surface area (Å²) in [5.41, 5.74) is 2.48. The van der Waals surface area contributed by atoms with Crippen LogP contribution in [-0.4, -0.2) is 42.0 Å². The SMILES string of the molecule is O=C(c1ccccc1-c1ncc(-c2ccccc2F)o1)N1CCN(c2cccc(Cl)c2)CC1. The van der Waals surface area contributed by atoms with Gasteiger partial charge >= 0.3 is 0 Å². The minimum atomic E-state index is -0.387. The molecule has 1 saturated heterocycles. The van der Waals surface area contributed by atoms with Gasteiger partial charge in [0.2, 0.25) is 5.89 Å². The summed E-state index contributed by atoms with van der Waals surface area (Å²) in [5, 5.41) is 0.695. The average molecular weight is 462 g/mol. The zero-order chi connectivity index (χ0) is 22.8. The Labute approximate surface area is 196 Å². The molecule has 1 aliphatic rings. The van der Waals surface area contributed by atoms with Crippen molar-refractivity contribution in [3.05, 3.63) is 95.4 Å². The third-order valence-electron chi connectivity index (χ3n) is 5.77. The molecular weight excluding hydrogens is 441 g/mol. The maximum absolute atomic E-state index is 14.2. The molecule has 1 aliphatic heterocycles. The van der Waals surface area contributed by atoms with E-state index in [1.54, 1.807) is 30.3 Å². The molecule has 4 aromatic rings. The Hall–Kier alpha value is -3.64. The van der Waals surface area contributed by atoms with Crippen LogP contribution in [0.5, 0.6) is 0 Å². The van der Waals surface area contributed by atoms with E-state index in [1.807, 2.05) is 41.3 Å². The number of nitrogens with zero attached hydrogens (tertiary/aromatic N) is 3. The van der Waals surface area contributed by atoms with E-state index in [-0.39, 0.29) is 17.6 Å². The molecule has 0 unspecified atom stereocenters. The number of anilines is 1. The van der Waals surface area contributed by atoms with E-state index >= 15 is 0 Å². The summed E-state index contributed by atoms with van der Waals surface area (Å²) in [6.07, 6.45) is 1.48. The predicted molar refractivity (Wildman–Crippen MR) is 127 cm³/mol. The van der Waals surface area contributed by atoms with E-state index in [0.717, 1.165) is 5.69 Å². The minimum Gasteiger partial charge on any atom is -0.436 e. The highest BCUT2D eigenvalue weighted by molar-refractivity contribution is 6.30. The Morgan fingerprint density at radius 1 is 0.909 bits per heavy atom. The molecule has 166 valence electrons. The molecule has 7 heteroatoms. The van der Waals surface area contributed by atoms with Gasteiger partial charge in [-0.3, -0.25) is 4.79 Å². The van der Waals surface area contributed by atoms with Crippen molar-refractivity contribution in [3.8, 4) is 22.8 Å². The lowest BCUT2D eigenvalue weighted by atomic mass is 10.1. The molecule has 0 saturated carbocycles. The molecule has 1 fully saturated rings. The fraction of sp³-hybridized carbons (Fsp3) is 0.154. The summed E-state index contributed by atoms with van der Waals surface area (Å²) in [4.78, 5) is 21.8. The highest BCUT2D eigenvalue weighted by atomic mass is 35.5. The van der Waals surface area contributed by atoms with Gasteiger partial charge in [0.15, 0.2) is 5.76 Å². The van der Waals surface area contributed by atoms with Crippen molar-refractivity contribution in [3.63, 3.8) is 0 Å². The Kier molecular flexibility index (Phi) is 5.84. The molecule has 5 nitrogen and oxygen atoms in total. The first-order chi connectivity index (χ1) is 16.1. The van der Waals surface area contributed by atoms with Crippen molar-refractivity contribution in [2.75, 3.05) is 31.1 Å². The lowest BCUT2D eigenvalue weighted by molar-refractivity contribution is 0.0747. The third-order valence-corrected chi connectivity index (χ3v) is 6.01. The van der Waals surface area contributed by atoms with Crippen LogP contribution >= 0.6 is 11.6 Å². The first kappa shape index (κ1) is 21.2. The van der Waals surface area contributed by atoms with Gasteiger partial charge in [-0.05, 0) is 42.5 Å². The lowest BCUT2D eigenvalue weighted by Gasteiger charge is -2.36. The second-order valence-corrected chi connectivity index (χ2v) is 8.25. The van der Waals surface area contributed by atoms with Gasteiger partial charge in [-0.15, -0.1) is 0 Å². The lowest BCUT2D eigenvalue weighted by Crippen LogP contribution is -2.48. The Morgan fingerprint density at radius 2 is 1.64 bits per heavy atom. The number of carbonyl (C=O) groups is 1. The van der Waals surface area contributed by atoms with Gasteiger partial charge in [-0.2, -0.15) is 0 Å². The van der Waals surface area contributed by atoms with E-state index in [1.165, 1.54) is 12.3 Å². The highest BCUT2D eigenvalue weighted by Gasteiger charge is 2.25. The van der Waals surface area contributed by atoms with Crippen LogP contribution in [0.4, 0.5) is 10.1 Å². The summed E-state index contributed by atoms with van der Waals surface area (Å²) in [7, 11) is 0. The molecule has 33 heavy (non-hydrogen) atoms. The molecule has 0 aliphatic carbocycles. The van der Waals surface area contributed by atoms with E-state index < -0.39 is 0 Å². The Balaban J connectivity index is 1.35. The number of rotatable bonds is 4. The van der Waals surface area contributed by atoms with Gasteiger partial charge in [0.1, 0.15) is 5.82 Å². The number of carbonyl (C=O) groups excluding carboxylic acids is 1. The molecule has 5 rings (SSSR count). The summed E-state index contributed by atoms with van der Waals surface area (Å²) < 4.78 is 20.0. The number of oxazole rings is 1. The van der Waals surface area contributed by atoms with Gasteiger partial charge in [-0.1, -0.05) is 41.9 Å². The van der Waals surface area contributed by atoms with E-state index in [4.69, 9.17) is 16.0 Å². The van der Waals surface area contributed by atoms with Crippen LogP contribution in [0.15, 0.2) is 83.4 Å². The molecule has 1 aromatic heterocycles.